The first kappa shape index (κ1) is 19.9. The monoisotopic (exact) mass is 421 g/mol. The quantitative estimate of drug-likeness (QED) is 0.339. The Labute approximate surface area is 178 Å². The fourth-order valence-electron chi connectivity index (χ4n) is 3.58. The fourth-order valence-corrected chi connectivity index (χ4v) is 3.70. The lowest BCUT2D eigenvalue weighted by Crippen LogP contribution is -2.18. The van der Waals surface area contributed by atoms with Crippen molar-refractivity contribution in [2.24, 2.45) is 0 Å². The number of hydrogen-bond acceptors (Lipinski definition) is 4. The van der Waals surface area contributed by atoms with Crippen LogP contribution in [0.3, 0.4) is 0 Å². The Hall–Kier alpha value is -3.38. The molecule has 6 nitrogen and oxygen atoms in total. The van der Waals surface area contributed by atoms with Crippen molar-refractivity contribution in [3.05, 3.63) is 82.9 Å². The number of aromatic nitrogens is 3. The molecule has 30 heavy (non-hydrogen) atoms. The van der Waals surface area contributed by atoms with Crippen LogP contribution in [0, 0.1) is 13.8 Å². The van der Waals surface area contributed by atoms with Crippen molar-refractivity contribution in [2.45, 2.75) is 20.4 Å². The molecular formula is C23H20ClN3O3. The number of ether oxygens (including phenoxy) is 1. The number of hydrogen-bond donors (Lipinski definition) is 0. The molecule has 0 saturated carbocycles. The van der Waals surface area contributed by atoms with Crippen molar-refractivity contribution in [3.8, 4) is 5.69 Å². The first-order chi connectivity index (χ1) is 14.4. The van der Waals surface area contributed by atoms with E-state index in [4.69, 9.17) is 16.3 Å². The van der Waals surface area contributed by atoms with Crippen LogP contribution in [0.1, 0.15) is 21.7 Å². The molecule has 0 aliphatic carbocycles. The molecule has 0 saturated heterocycles. The minimum atomic E-state index is -0.488. The predicted molar refractivity (Wildman–Crippen MR) is 115 cm³/mol. The van der Waals surface area contributed by atoms with E-state index in [-0.39, 0.29) is 18.9 Å². The van der Waals surface area contributed by atoms with Gasteiger partial charge in [-0.2, -0.15) is 0 Å². The highest BCUT2D eigenvalue weighted by molar-refractivity contribution is 6.30. The van der Waals surface area contributed by atoms with Gasteiger partial charge in [-0.1, -0.05) is 23.7 Å². The number of halogens is 1. The van der Waals surface area contributed by atoms with Crippen LogP contribution in [0.5, 0.6) is 0 Å². The lowest BCUT2D eigenvalue weighted by atomic mass is 10.1. The Bertz CT molecular complexity index is 1240. The lowest BCUT2D eigenvalue weighted by molar-refractivity contribution is -0.143. The van der Waals surface area contributed by atoms with Crippen molar-refractivity contribution in [1.82, 2.24) is 14.1 Å². The molecule has 0 amide bonds. The number of carbonyl (C=O) groups is 2. The van der Waals surface area contributed by atoms with E-state index in [0.29, 0.717) is 10.6 Å². The summed E-state index contributed by atoms with van der Waals surface area (Å²) in [5.41, 5.74) is 4.79. The van der Waals surface area contributed by atoms with Crippen LogP contribution in [0.15, 0.2) is 60.9 Å². The Kier molecular flexibility index (Phi) is 5.42. The Morgan fingerprint density at radius 2 is 1.80 bits per heavy atom. The summed E-state index contributed by atoms with van der Waals surface area (Å²) in [7, 11) is 0. The molecule has 4 rings (SSSR count). The van der Waals surface area contributed by atoms with Crippen LogP contribution < -0.4 is 0 Å². The van der Waals surface area contributed by atoms with Crippen LogP contribution in [0.25, 0.3) is 16.7 Å². The first-order valence-electron chi connectivity index (χ1n) is 9.47. The first-order valence-corrected chi connectivity index (χ1v) is 9.85. The molecule has 152 valence electrons. The zero-order valence-corrected chi connectivity index (χ0v) is 17.4. The van der Waals surface area contributed by atoms with E-state index in [0.717, 1.165) is 28.1 Å². The topological polar surface area (TPSA) is 66.1 Å². The molecule has 2 aromatic carbocycles. The van der Waals surface area contributed by atoms with E-state index >= 15 is 0 Å². The molecule has 0 bridgehead atoms. The maximum absolute atomic E-state index is 12.7. The molecule has 0 unspecified atom stereocenters. The predicted octanol–water partition coefficient (Wildman–Crippen LogP) is 4.52. The standard InChI is InChI=1S/C23H20ClN3O3/c1-15-11-19(16(2)27(15)18-9-7-17(24)8-10-18)22(28)13-30-23(29)12-26-14-25-20-5-3-4-6-21(20)26/h3-11,14H,12-13H2,1-2H3. The SMILES string of the molecule is Cc1cc(C(=O)COC(=O)Cn2cnc3ccccc32)c(C)n1-c1ccc(Cl)cc1. The van der Waals surface area contributed by atoms with Crippen molar-refractivity contribution >= 4 is 34.4 Å². The summed E-state index contributed by atoms with van der Waals surface area (Å²) in [6, 6.07) is 16.7. The molecule has 0 N–H and O–H groups in total. The Morgan fingerprint density at radius 1 is 1.07 bits per heavy atom. The van der Waals surface area contributed by atoms with Gasteiger partial charge in [0.05, 0.1) is 17.4 Å². The van der Waals surface area contributed by atoms with Gasteiger partial charge < -0.3 is 13.9 Å². The summed E-state index contributed by atoms with van der Waals surface area (Å²) in [5, 5.41) is 0.648. The highest BCUT2D eigenvalue weighted by Gasteiger charge is 2.18. The van der Waals surface area contributed by atoms with Crippen molar-refractivity contribution in [2.75, 3.05) is 6.61 Å². The summed E-state index contributed by atoms with van der Waals surface area (Å²) >= 11 is 5.97. The maximum Gasteiger partial charge on any atom is 0.326 e. The molecule has 7 heteroatoms. The van der Waals surface area contributed by atoms with E-state index in [1.54, 1.807) is 23.0 Å². The number of esters is 1. The van der Waals surface area contributed by atoms with Gasteiger partial charge in [0.2, 0.25) is 5.78 Å². The number of imidazole rings is 1. The van der Waals surface area contributed by atoms with Crippen LogP contribution in [0.4, 0.5) is 0 Å². The third kappa shape index (κ3) is 3.86. The molecule has 0 aliphatic heterocycles. The highest BCUT2D eigenvalue weighted by atomic mass is 35.5. The number of rotatable bonds is 6. The largest absolute Gasteiger partial charge is 0.456 e. The molecular weight excluding hydrogens is 402 g/mol. The molecule has 2 heterocycles. The molecule has 0 fully saturated rings. The van der Waals surface area contributed by atoms with Gasteiger partial charge in [0.1, 0.15) is 6.54 Å². The number of fused-ring (bicyclic) bond motifs is 1. The van der Waals surface area contributed by atoms with E-state index in [1.165, 1.54) is 0 Å². The second kappa shape index (κ2) is 8.16. The second-order valence-corrected chi connectivity index (χ2v) is 7.48. The third-order valence-electron chi connectivity index (χ3n) is 5.01. The van der Waals surface area contributed by atoms with Gasteiger partial charge >= 0.3 is 5.97 Å². The van der Waals surface area contributed by atoms with E-state index in [9.17, 15) is 9.59 Å². The van der Waals surface area contributed by atoms with Gasteiger partial charge in [-0.25, -0.2) is 4.98 Å². The summed E-state index contributed by atoms with van der Waals surface area (Å²) in [5.74, 6) is -0.731. The summed E-state index contributed by atoms with van der Waals surface area (Å²) in [6.07, 6.45) is 1.59. The van der Waals surface area contributed by atoms with Crippen LogP contribution in [-0.2, 0) is 16.1 Å². The van der Waals surface area contributed by atoms with E-state index in [2.05, 4.69) is 4.98 Å². The van der Waals surface area contributed by atoms with E-state index in [1.807, 2.05) is 60.9 Å². The van der Waals surface area contributed by atoms with Crippen molar-refractivity contribution in [1.29, 1.82) is 0 Å². The van der Waals surface area contributed by atoms with Gasteiger partial charge in [-0.05, 0) is 56.3 Å². The number of aryl methyl sites for hydroxylation is 1. The van der Waals surface area contributed by atoms with E-state index < -0.39 is 5.97 Å². The smallest absolute Gasteiger partial charge is 0.326 e. The van der Waals surface area contributed by atoms with Gasteiger partial charge in [-0.3, -0.25) is 9.59 Å². The van der Waals surface area contributed by atoms with Crippen molar-refractivity contribution < 1.29 is 14.3 Å². The second-order valence-electron chi connectivity index (χ2n) is 7.04. The molecule has 0 aliphatic rings. The number of Topliss-reactive ketones (excluding diaryl/α,β-unsaturated/α-hetero) is 1. The molecule has 0 spiro atoms. The molecule has 0 atom stereocenters. The average Bonchev–Trinajstić information content (AvgIpc) is 3.27. The minimum absolute atomic E-state index is 0.00239. The zero-order valence-electron chi connectivity index (χ0n) is 16.6. The summed E-state index contributed by atoms with van der Waals surface area (Å²) in [6.45, 7) is 3.48. The maximum atomic E-state index is 12.7. The number of para-hydroxylation sites is 2. The molecule has 4 aromatic rings. The number of ketones is 1. The minimum Gasteiger partial charge on any atom is -0.456 e. The normalized spacial score (nSPS) is 11.0. The Balaban J connectivity index is 1.44. The van der Waals surface area contributed by atoms with Gasteiger partial charge in [0, 0.05) is 27.7 Å². The highest BCUT2D eigenvalue weighted by Crippen LogP contribution is 2.22. The Morgan fingerprint density at radius 3 is 2.57 bits per heavy atom. The molecule has 2 aromatic heterocycles. The zero-order chi connectivity index (χ0) is 21.3. The number of carbonyl (C=O) groups excluding carboxylic acids is 2. The average molecular weight is 422 g/mol. The van der Waals surface area contributed by atoms with Crippen LogP contribution in [0.2, 0.25) is 5.02 Å². The number of nitrogens with zero attached hydrogens (tertiary/aromatic N) is 3. The molecule has 0 radical (unpaired) electrons. The third-order valence-corrected chi connectivity index (χ3v) is 5.26. The summed E-state index contributed by atoms with van der Waals surface area (Å²) in [4.78, 5) is 29.2. The van der Waals surface area contributed by atoms with Crippen LogP contribution >= 0.6 is 11.6 Å². The van der Waals surface area contributed by atoms with Gasteiger partial charge in [-0.15, -0.1) is 0 Å². The van der Waals surface area contributed by atoms with Crippen LogP contribution in [-0.4, -0.2) is 32.5 Å². The van der Waals surface area contributed by atoms with Crippen molar-refractivity contribution in [3.63, 3.8) is 0 Å². The fraction of sp³-hybridized carbons (Fsp3) is 0.174. The van der Waals surface area contributed by atoms with Gasteiger partial charge in [0.25, 0.3) is 0 Å². The summed E-state index contributed by atoms with van der Waals surface area (Å²) < 4.78 is 8.92. The number of benzene rings is 2. The van der Waals surface area contributed by atoms with Gasteiger partial charge in [0.15, 0.2) is 6.61 Å². The lowest BCUT2D eigenvalue weighted by Gasteiger charge is -2.10.